The average Bonchev–Trinajstić information content (AvgIpc) is 3.73. The number of para-hydroxylation sites is 3. The van der Waals surface area contributed by atoms with E-state index in [0.29, 0.717) is 0 Å². The minimum atomic E-state index is 0.906. The van der Waals surface area contributed by atoms with Crippen LogP contribution in [0.3, 0.4) is 0 Å². The second-order valence-electron chi connectivity index (χ2n) is 12.3. The Bertz CT molecular complexity index is 2770. The molecule has 48 heavy (non-hydrogen) atoms. The highest BCUT2D eigenvalue weighted by molar-refractivity contribution is 6.22. The van der Waals surface area contributed by atoms with Crippen LogP contribution in [0.1, 0.15) is 0 Å². The standard InChI is InChI=1S/C45H28N2O/c1-2-12-30(13-3-1)45-46-39-19-9-10-20-40(39)47(45)32-25-22-29(23-26-32)43-35-15-4-6-17-37(35)44(38-18-7-5-16-36(38)43)31-24-27-34-33-14-8-11-21-41(33)48-42(34)28-31/h1-28H. The van der Waals surface area contributed by atoms with Gasteiger partial charge >= 0.3 is 0 Å². The van der Waals surface area contributed by atoms with Gasteiger partial charge in [0.05, 0.1) is 11.0 Å². The molecule has 0 saturated carbocycles. The smallest absolute Gasteiger partial charge is 0.145 e. The molecule has 0 saturated heterocycles. The maximum absolute atomic E-state index is 6.33. The van der Waals surface area contributed by atoms with Gasteiger partial charge in [-0.25, -0.2) is 4.98 Å². The number of fused-ring (bicyclic) bond motifs is 6. The summed E-state index contributed by atoms with van der Waals surface area (Å²) in [6.45, 7) is 0. The Balaban J connectivity index is 1.17. The van der Waals surface area contributed by atoms with Crippen molar-refractivity contribution in [1.29, 1.82) is 0 Å². The Morgan fingerprint density at radius 2 is 0.938 bits per heavy atom. The topological polar surface area (TPSA) is 31.0 Å². The second-order valence-corrected chi connectivity index (χ2v) is 12.3. The van der Waals surface area contributed by atoms with Crippen LogP contribution in [0.5, 0.6) is 0 Å². The van der Waals surface area contributed by atoms with Gasteiger partial charge in [-0.15, -0.1) is 0 Å². The van der Waals surface area contributed by atoms with E-state index in [1.165, 1.54) is 38.2 Å². The van der Waals surface area contributed by atoms with E-state index in [2.05, 4.69) is 150 Å². The fourth-order valence-electron chi connectivity index (χ4n) is 7.48. The summed E-state index contributed by atoms with van der Waals surface area (Å²) < 4.78 is 8.60. The van der Waals surface area contributed by atoms with Crippen molar-refractivity contribution >= 4 is 54.5 Å². The molecular formula is C45H28N2O. The average molecular weight is 613 g/mol. The highest BCUT2D eigenvalue weighted by atomic mass is 16.3. The predicted octanol–water partition coefficient (Wildman–Crippen LogP) is 12.2. The monoisotopic (exact) mass is 612 g/mol. The van der Waals surface area contributed by atoms with E-state index < -0.39 is 0 Å². The van der Waals surface area contributed by atoms with Gasteiger partial charge in [-0.1, -0.05) is 127 Å². The Morgan fingerprint density at radius 3 is 1.65 bits per heavy atom. The van der Waals surface area contributed by atoms with Crippen LogP contribution < -0.4 is 0 Å². The van der Waals surface area contributed by atoms with Crippen LogP contribution in [0.4, 0.5) is 0 Å². The highest BCUT2D eigenvalue weighted by Gasteiger charge is 2.19. The zero-order chi connectivity index (χ0) is 31.6. The molecular weight excluding hydrogens is 585 g/mol. The first kappa shape index (κ1) is 26.7. The van der Waals surface area contributed by atoms with Crippen molar-refractivity contribution in [2.24, 2.45) is 0 Å². The molecule has 0 unspecified atom stereocenters. The fraction of sp³-hybridized carbons (Fsp3) is 0. The molecule has 3 heteroatoms. The molecule has 0 fully saturated rings. The second kappa shape index (κ2) is 10.5. The molecule has 0 amide bonds. The minimum Gasteiger partial charge on any atom is -0.456 e. The third kappa shape index (κ3) is 4.04. The fourth-order valence-corrected chi connectivity index (χ4v) is 7.48. The van der Waals surface area contributed by atoms with Crippen LogP contribution in [0.15, 0.2) is 174 Å². The number of hydrogen-bond acceptors (Lipinski definition) is 2. The van der Waals surface area contributed by atoms with Crippen molar-refractivity contribution in [3.05, 3.63) is 170 Å². The van der Waals surface area contributed by atoms with Gasteiger partial charge in [-0.05, 0) is 86.3 Å². The van der Waals surface area contributed by atoms with Crippen LogP contribution in [-0.2, 0) is 0 Å². The number of benzene rings is 8. The van der Waals surface area contributed by atoms with Crippen molar-refractivity contribution in [2.45, 2.75) is 0 Å². The summed E-state index contributed by atoms with van der Waals surface area (Å²) in [5.41, 5.74) is 10.8. The summed E-state index contributed by atoms with van der Waals surface area (Å²) in [4.78, 5) is 5.05. The van der Waals surface area contributed by atoms with Crippen molar-refractivity contribution < 1.29 is 4.42 Å². The van der Waals surface area contributed by atoms with Crippen molar-refractivity contribution in [1.82, 2.24) is 9.55 Å². The molecule has 224 valence electrons. The number of nitrogens with zero attached hydrogens (tertiary/aromatic N) is 2. The molecule has 0 bridgehead atoms. The molecule has 2 heterocycles. The van der Waals surface area contributed by atoms with Crippen molar-refractivity contribution in [3.63, 3.8) is 0 Å². The van der Waals surface area contributed by atoms with Crippen LogP contribution >= 0.6 is 0 Å². The molecule has 8 aromatic carbocycles. The summed E-state index contributed by atoms with van der Waals surface area (Å²) in [7, 11) is 0. The lowest BCUT2D eigenvalue weighted by atomic mass is 9.86. The quantitative estimate of drug-likeness (QED) is 0.185. The van der Waals surface area contributed by atoms with E-state index >= 15 is 0 Å². The van der Waals surface area contributed by atoms with Gasteiger partial charge < -0.3 is 4.42 Å². The zero-order valence-electron chi connectivity index (χ0n) is 26.0. The molecule has 10 aromatic rings. The molecule has 0 atom stereocenters. The molecule has 0 N–H and O–H groups in total. The van der Waals surface area contributed by atoms with Gasteiger partial charge in [0, 0.05) is 22.0 Å². The van der Waals surface area contributed by atoms with Crippen molar-refractivity contribution in [3.8, 4) is 39.3 Å². The van der Waals surface area contributed by atoms with Crippen molar-refractivity contribution in [2.75, 3.05) is 0 Å². The Kier molecular flexibility index (Phi) is 5.87. The minimum absolute atomic E-state index is 0.906. The van der Waals surface area contributed by atoms with Gasteiger partial charge in [0.1, 0.15) is 17.0 Å². The summed E-state index contributed by atoms with van der Waals surface area (Å²) in [5, 5.41) is 7.17. The van der Waals surface area contributed by atoms with E-state index in [0.717, 1.165) is 55.6 Å². The Morgan fingerprint density at radius 1 is 0.396 bits per heavy atom. The van der Waals surface area contributed by atoms with Gasteiger partial charge in [0.15, 0.2) is 0 Å². The van der Waals surface area contributed by atoms with E-state index in [1.54, 1.807) is 0 Å². The van der Waals surface area contributed by atoms with Gasteiger partial charge in [0.2, 0.25) is 0 Å². The number of aromatic nitrogens is 2. The predicted molar refractivity (Wildman–Crippen MR) is 200 cm³/mol. The molecule has 0 radical (unpaired) electrons. The zero-order valence-corrected chi connectivity index (χ0v) is 26.0. The number of furan rings is 1. The lowest BCUT2D eigenvalue weighted by Crippen LogP contribution is -1.97. The summed E-state index contributed by atoms with van der Waals surface area (Å²) in [6, 6.07) is 60.2. The Hall–Kier alpha value is -6.45. The Labute approximate surface area is 277 Å². The largest absolute Gasteiger partial charge is 0.456 e. The van der Waals surface area contributed by atoms with Gasteiger partial charge in [-0.2, -0.15) is 0 Å². The first-order valence-corrected chi connectivity index (χ1v) is 16.3. The number of imidazole rings is 1. The molecule has 10 rings (SSSR count). The number of rotatable bonds is 4. The maximum atomic E-state index is 6.33. The summed E-state index contributed by atoms with van der Waals surface area (Å²) in [6.07, 6.45) is 0. The SMILES string of the molecule is c1ccc(-c2nc3ccccc3n2-c2ccc(-c3c4ccccc4c(-c4ccc5c(c4)oc4ccccc45)c4ccccc34)cc2)cc1. The normalized spacial score (nSPS) is 11.8. The summed E-state index contributed by atoms with van der Waals surface area (Å²) in [5.74, 6) is 0.936. The molecule has 0 aliphatic carbocycles. The summed E-state index contributed by atoms with van der Waals surface area (Å²) >= 11 is 0. The molecule has 0 aliphatic heterocycles. The molecule has 0 spiro atoms. The van der Waals surface area contributed by atoms with Crippen LogP contribution in [0, 0.1) is 0 Å². The van der Waals surface area contributed by atoms with Gasteiger partial charge in [-0.3, -0.25) is 4.57 Å². The molecule has 2 aromatic heterocycles. The molecule has 3 nitrogen and oxygen atoms in total. The van der Waals surface area contributed by atoms with Crippen LogP contribution in [0.2, 0.25) is 0 Å². The highest BCUT2D eigenvalue weighted by Crippen LogP contribution is 2.45. The lowest BCUT2D eigenvalue weighted by Gasteiger charge is -2.18. The van der Waals surface area contributed by atoms with E-state index in [9.17, 15) is 0 Å². The van der Waals surface area contributed by atoms with E-state index in [1.807, 2.05) is 24.3 Å². The third-order valence-corrected chi connectivity index (χ3v) is 9.61. The molecule has 0 aliphatic rings. The maximum Gasteiger partial charge on any atom is 0.145 e. The van der Waals surface area contributed by atoms with Gasteiger partial charge in [0.25, 0.3) is 0 Å². The van der Waals surface area contributed by atoms with E-state index in [4.69, 9.17) is 9.40 Å². The van der Waals surface area contributed by atoms with Crippen LogP contribution in [0.25, 0.3) is 93.8 Å². The first-order valence-electron chi connectivity index (χ1n) is 16.3. The number of hydrogen-bond donors (Lipinski definition) is 0. The third-order valence-electron chi connectivity index (χ3n) is 9.61. The first-order chi connectivity index (χ1) is 23.8. The van der Waals surface area contributed by atoms with E-state index in [-0.39, 0.29) is 0 Å². The lowest BCUT2D eigenvalue weighted by molar-refractivity contribution is 0.669. The van der Waals surface area contributed by atoms with Crippen LogP contribution in [-0.4, -0.2) is 9.55 Å².